The SMILES string of the molecule is C[C@H](Oc1cccc(C=Nn2c(-c3cc4cc(Br)ccc4o3)nc3ccccc3c2=O)c1)C(=O)O. The molecule has 0 unspecified atom stereocenters. The van der Waals surface area contributed by atoms with Crippen molar-refractivity contribution in [1.82, 2.24) is 9.66 Å². The highest BCUT2D eigenvalue weighted by Crippen LogP contribution is 2.29. The second kappa shape index (κ2) is 9.19. The van der Waals surface area contributed by atoms with Crippen molar-refractivity contribution in [2.75, 3.05) is 0 Å². The van der Waals surface area contributed by atoms with Crippen molar-refractivity contribution in [2.45, 2.75) is 13.0 Å². The van der Waals surface area contributed by atoms with Crippen LogP contribution < -0.4 is 10.3 Å². The molecule has 5 aromatic rings. The molecule has 5 rings (SSSR count). The molecule has 1 atom stereocenters. The lowest BCUT2D eigenvalue weighted by Crippen LogP contribution is -2.22. The van der Waals surface area contributed by atoms with Crippen molar-refractivity contribution in [1.29, 1.82) is 0 Å². The number of rotatable bonds is 6. The van der Waals surface area contributed by atoms with Crippen LogP contribution in [0.2, 0.25) is 0 Å². The summed E-state index contributed by atoms with van der Waals surface area (Å²) in [4.78, 5) is 29.1. The summed E-state index contributed by atoms with van der Waals surface area (Å²) in [6, 6.07) is 21.2. The zero-order valence-electron chi connectivity index (χ0n) is 18.4. The number of fused-ring (bicyclic) bond motifs is 2. The number of aromatic nitrogens is 2. The molecule has 0 bridgehead atoms. The maximum absolute atomic E-state index is 13.4. The number of carboxylic acid groups (broad SMARTS) is 1. The maximum atomic E-state index is 13.4. The Morgan fingerprint density at radius 2 is 1.97 bits per heavy atom. The molecule has 0 spiro atoms. The number of nitrogens with zero attached hydrogens (tertiary/aromatic N) is 3. The van der Waals surface area contributed by atoms with Gasteiger partial charge in [0.1, 0.15) is 11.3 Å². The van der Waals surface area contributed by atoms with Gasteiger partial charge in [-0.1, -0.05) is 40.2 Å². The van der Waals surface area contributed by atoms with Gasteiger partial charge in [-0.15, -0.1) is 0 Å². The first kappa shape index (κ1) is 22.5. The fraction of sp³-hybridized carbons (Fsp3) is 0.0769. The van der Waals surface area contributed by atoms with E-state index in [9.17, 15) is 9.59 Å². The van der Waals surface area contributed by atoms with Gasteiger partial charge in [0.2, 0.25) is 5.82 Å². The van der Waals surface area contributed by atoms with Crippen molar-refractivity contribution >= 4 is 50.0 Å². The number of carboxylic acids is 1. The number of benzene rings is 3. The van der Waals surface area contributed by atoms with Gasteiger partial charge in [0.05, 0.1) is 17.1 Å². The maximum Gasteiger partial charge on any atom is 0.344 e. The van der Waals surface area contributed by atoms with Gasteiger partial charge in [-0.3, -0.25) is 4.79 Å². The number of hydrogen-bond donors (Lipinski definition) is 1. The molecule has 0 aliphatic heterocycles. The van der Waals surface area contributed by atoms with Crippen LogP contribution in [0.25, 0.3) is 33.5 Å². The van der Waals surface area contributed by atoms with Crippen LogP contribution in [0.5, 0.6) is 5.75 Å². The van der Waals surface area contributed by atoms with E-state index in [4.69, 9.17) is 14.3 Å². The minimum atomic E-state index is -1.07. The quantitative estimate of drug-likeness (QED) is 0.297. The molecule has 0 amide bonds. The van der Waals surface area contributed by atoms with Crippen LogP contribution in [0, 0.1) is 0 Å². The molecule has 9 heteroatoms. The molecular weight excluding hydrogens is 514 g/mol. The van der Waals surface area contributed by atoms with Gasteiger partial charge >= 0.3 is 5.97 Å². The molecule has 2 heterocycles. The third-order valence-corrected chi connectivity index (χ3v) is 5.79. The second-order valence-corrected chi connectivity index (χ2v) is 8.69. The number of halogens is 1. The third kappa shape index (κ3) is 4.58. The van der Waals surface area contributed by atoms with E-state index in [2.05, 4.69) is 26.0 Å². The number of aliphatic carboxylic acids is 1. The zero-order valence-corrected chi connectivity index (χ0v) is 20.0. The van der Waals surface area contributed by atoms with Gasteiger partial charge in [0.15, 0.2) is 11.9 Å². The molecule has 3 aromatic carbocycles. The van der Waals surface area contributed by atoms with E-state index in [-0.39, 0.29) is 11.4 Å². The Hall–Kier alpha value is -4.24. The van der Waals surface area contributed by atoms with Gasteiger partial charge in [0, 0.05) is 9.86 Å². The van der Waals surface area contributed by atoms with E-state index in [0.29, 0.717) is 33.6 Å². The minimum Gasteiger partial charge on any atom is -0.479 e. The third-order valence-electron chi connectivity index (χ3n) is 5.29. The number of hydrogen-bond acceptors (Lipinski definition) is 6. The highest BCUT2D eigenvalue weighted by molar-refractivity contribution is 9.10. The lowest BCUT2D eigenvalue weighted by Gasteiger charge is -2.10. The summed E-state index contributed by atoms with van der Waals surface area (Å²) in [7, 11) is 0. The smallest absolute Gasteiger partial charge is 0.344 e. The first-order valence-corrected chi connectivity index (χ1v) is 11.4. The van der Waals surface area contributed by atoms with E-state index in [1.54, 1.807) is 42.5 Å². The molecule has 2 aromatic heterocycles. The molecule has 0 saturated carbocycles. The van der Waals surface area contributed by atoms with Gasteiger partial charge in [-0.25, -0.2) is 9.78 Å². The summed E-state index contributed by atoms with van der Waals surface area (Å²) in [5, 5.41) is 14.8. The molecule has 0 fully saturated rings. The van der Waals surface area contributed by atoms with Gasteiger partial charge in [-0.2, -0.15) is 9.78 Å². The Morgan fingerprint density at radius 1 is 1.14 bits per heavy atom. The molecule has 8 nitrogen and oxygen atoms in total. The van der Waals surface area contributed by atoms with Crippen molar-refractivity contribution in [2.24, 2.45) is 5.10 Å². The molecule has 35 heavy (non-hydrogen) atoms. The summed E-state index contributed by atoms with van der Waals surface area (Å²) < 4.78 is 13.5. The highest BCUT2D eigenvalue weighted by atomic mass is 79.9. The first-order valence-electron chi connectivity index (χ1n) is 10.6. The average Bonchev–Trinajstić information content (AvgIpc) is 3.26. The van der Waals surface area contributed by atoms with E-state index in [1.165, 1.54) is 17.8 Å². The number of para-hydroxylation sites is 1. The summed E-state index contributed by atoms with van der Waals surface area (Å²) in [5.74, 6) is -0.0501. The van der Waals surface area contributed by atoms with E-state index >= 15 is 0 Å². The lowest BCUT2D eigenvalue weighted by molar-refractivity contribution is -0.144. The number of carbonyl (C=O) groups is 1. The Morgan fingerprint density at radius 3 is 2.80 bits per heavy atom. The van der Waals surface area contributed by atoms with Crippen molar-refractivity contribution in [3.63, 3.8) is 0 Å². The van der Waals surface area contributed by atoms with Crippen LogP contribution in [0.3, 0.4) is 0 Å². The Kier molecular flexibility index (Phi) is 5.92. The van der Waals surface area contributed by atoms with E-state index in [0.717, 1.165) is 9.86 Å². The monoisotopic (exact) mass is 531 g/mol. The number of furan rings is 1. The summed E-state index contributed by atoms with van der Waals surface area (Å²) in [6.07, 6.45) is 0.480. The Labute approximate surface area is 207 Å². The minimum absolute atomic E-state index is 0.254. The average molecular weight is 532 g/mol. The van der Waals surface area contributed by atoms with Gasteiger partial charge < -0.3 is 14.3 Å². The summed E-state index contributed by atoms with van der Waals surface area (Å²) >= 11 is 3.46. The summed E-state index contributed by atoms with van der Waals surface area (Å²) in [5.41, 5.74) is 1.44. The van der Waals surface area contributed by atoms with Crippen LogP contribution in [0.4, 0.5) is 0 Å². The zero-order chi connectivity index (χ0) is 24.5. The predicted octanol–water partition coefficient (Wildman–Crippen LogP) is 5.31. The highest BCUT2D eigenvalue weighted by Gasteiger charge is 2.17. The molecule has 1 N–H and O–H groups in total. The van der Waals surface area contributed by atoms with Crippen molar-refractivity contribution in [3.8, 4) is 17.3 Å². The fourth-order valence-electron chi connectivity index (χ4n) is 3.56. The molecule has 0 aliphatic rings. The fourth-order valence-corrected chi connectivity index (χ4v) is 3.94. The van der Waals surface area contributed by atoms with Gasteiger partial charge in [-0.05, 0) is 61.0 Å². The van der Waals surface area contributed by atoms with Crippen LogP contribution in [-0.4, -0.2) is 33.1 Å². The molecule has 0 saturated heterocycles. The largest absolute Gasteiger partial charge is 0.479 e. The van der Waals surface area contributed by atoms with Crippen molar-refractivity contribution in [3.05, 3.63) is 93.2 Å². The van der Waals surface area contributed by atoms with Crippen LogP contribution in [0.15, 0.2) is 91.6 Å². The van der Waals surface area contributed by atoms with E-state index < -0.39 is 12.1 Å². The van der Waals surface area contributed by atoms with Crippen LogP contribution in [-0.2, 0) is 4.79 Å². The second-order valence-electron chi connectivity index (χ2n) is 7.78. The molecular formula is C26H18BrN3O5. The molecule has 174 valence electrons. The molecule has 0 aliphatic carbocycles. The predicted molar refractivity (Wildman–Crippen MR) is 136 cm³/mol. The topological polar surface area (TPSA) is 107 Å². The Bertz CT molecular complexity index is 1670. The lowest BCUT2D eigenvalue weighted by atomic mass is 10.2. The van der Waals surface area contributed by atoms with Gasteiger partial charge in [0.25, 0.3) is 5.56 Å². The van der Waals surface area contributed by atoms with Crippen LogP contribution in [0.1, 0.15) is 12.5 Å². The van der Waals surface area contributed by atoms with Crippen LogP contribution >= 0.6 is 15.9 Å². The van der Waals surface area contributed by atoms with Crippen molar-refractivity contribution < 1.29 is 19.1 Å². The standard InChI is InChI=1S/C26H18BrN3O5/c1-15(26(32)33)34-19-6-4-5-16(11-19)14-28-30-24(29-21-8-3-2-7-20(21)25(30)31)23-13-17-12-18(27)9-10-22(17)35-23/h2-15H,1H3,(H,32,33)/t15-/m0/s1. The first-order chi connectivity index (χ1) is 16.9. The number of ether oxygens (including phenoxy) is 1. The Balaban J connectivity index is 1.61. The normalized spacial score (nSPS) is 12.4. The molecule has 0 radical (unpaired) electrons. The van der Waals surface area contributed by atoms with E-state index in [1.807, 2.05) is 30.3 Å². The summed E-state index contributed by atoms with van der Waals surface area (Å²) in [6.45, 7) is 1.45.